The summed E-state index contributed by atoms with van der Waals surface area (Å²) in [5.74, 6) is 0.0354. The van der Waals surface area contributed by atoms with Crippen LogP contribution in [0.4, 0.5) is 0 Å². The highest BCUT2D eigenvalue weighted by molar-refractivity contribution is 6.20. The third-order valence-corrected chi connectivity index (χ3v) is 5.14. The first-order valence-corrected chi connectivity index (χ1v) is 9.35. The number of fused-ring (bicyclic) bond motifs is 6. The molecule has 0 amide bonds. The molecule has 0 aromatic carbocycles. The second-order valence-electron chi connectivity index (χ2n) is 7.68. The van der Waals surface area contributed by atoms with Crippen LogP contribution in [0.2, 0.25) is 0 Å². The number of nitrogens with one attached hydrogen (secondary N) is 2. The summed E-state index contributed by atoms with van der Waals surface area (Å²) in [4.78, 5) is 28.5. The molecule has 0 fully saturated rings. The molecule has 1 atom stereocenters. The zero-order chi connectivity index (χ0) is 19.3. The first-order valence-electron chi connectivity index (χ1n) is 9.35. The summed E-state index contributed by atoms with van der Waals surface area (Å²) in [6.07, 6.45) is 14.8. The summed E-state index contributed by atoms with van der Waals surface area (Å²) in [6, 6.07) is 6.02. The first-order chi connectivity index (χ1) is 13.5. The third kappa shape index (κ3) is 3.05. The van der Waals surface area contributed by atoms with E-state index >= 15 is 0 Å². The number of carbonyl (C=O) groups is 1. The van der Waals surface area contributed by atoms with Gasteiger partial charge in [-0.2, -0.15) is 0 Å². The Bertz CT molecular complexity index is 1280. The highest BCUT2D eigenvalue weighted by Crippen LogP contribution is 2.26. The SMILES string of the molecule is CC(=O)c1cc2[nH]c1C=C1C=CC(=N1)C=c1ccc([nH]1)=CC1=NC(C)(C=C1)C2. The van der Waals surface area contributed by atoms with Crippen molar-refractivity contribution in [3.8, 4) is 0 Å². The van der Waals surface area contributed by atoms with Crippen molar-refractivity contribution >= 4 is 35.4 Å². The van der Waals surface area contributed by atoms with Crippen LogP contribution in [0, 0.1) is 0 Å². The number of H-pyrrole nitrogens is 2. The second kappa shape index (κ2) is 6.02. The van der Waals surface area contributed by atoms with Gasteiger partial charge in [0.2, 0.25) is 0 Å². The second-order valence-corrected chi connectivity index (χ2v) is 7.68. The minimum absolute atomic E-state index is 0.0354. The Balaban J connectivity index is 1.71. The van der Waals surface area contributed by atoms with Crippen molar-refractivity contribution in [3.63, 3.8) is 0 Å². The van der Waals surface area contributed by atoms with Crippen LogP contribution >= 0.6 is 0 Å². The van der Waals surface area contributed by atoms with Gasteiger partial charge in [0.1, 0.15) is 0 Å². The zero-order valence-electron chi connectivity index (χ0n) is 15.8. The Morgan fingerprint density at radius 2 is 1.82 bits per heavy atom. The number of aromatic amines is 2. The minimum Gasteiger partial charge on any atom is -0.358 e. The van der Waals surface area contributed by atoms with E-state index in [4.69, 9.17) is 4.99 Å². The number of hydrogen-bond donors (Lipinski definition) is 2. The molecule has 3 aliphatic heterocycles. The van der Waals surface area contributed by atoms with Gasteiger partial charge in [0.05, 0.1) is 28.4 Å². The molecule has 0 radical (unpaired) electrons. The molecule has 0 saturated carbocycles. The molecule has 5 nitrogen and oxygen atoms in total. The van der Waals surface area contributed by atoms with E-state index in [-0.39, 0.29) is 11.3 Å². The van der Waals surface area contributed by atoms with E-state index in [1.54, 1.807) is 6.92 Å². The van der Waals surface area contributed by atoms with Gasteiger partial charge in [-0.25, -0.2) is 4.99 Å². The fourth-order valence-electron chi connectivity index (χ4n) is 3.85. The average Bonchev–Trinajstić information content (AvgIpc) is 3.39. The van der Waals surface area contributed by atoms with Crippen molar-refractivity contribution in [3.05, 3.63) is 75.8 Å². The lowest BCUT2D eigenvalue weighted by Crippen LogP contribution is -2.20. The van der Waals surface area contributed by atoms with Gasteiger partial charge in [0.25, 0.3) is 0 Å². The van der Waals surface area contributed by atoms with Gasteiger partial charge in [-0.15, -0.1) is 0 Å². The number of aromatic nitrogens is 2. The maximum absolute atomic E-state index is 12.2. The smallest absolute Gasteiger partial charge is 0.161 e. The maximum Gasteiger partial charge on any atom is 0.161 e. The van der Waals surface area contributed by atoms with Crippen LogP contribution in [0.15, 0.2) is 58.2 Å². The number of Topliss-reactive ketones (excluding diaryl/α,β-unsaturated/α-hetero) is 1. The van der Waals surface area contributed by atoms with Crippen LogP contribution in [0.25, 0.3) is 18.2 Å². The Hall–Kier alpha value is -3.47. The predicted molar refractivity (Wildman–Crippen MR) is 113 cm³/mol. The number of hydrogen-bond acceptors (Lipinski definition) is 3. The van der Waals surface area contributed by atoms with Crippen LogP contribution < -0.4 is 10.7 Å². The molecule has 5 heterocycles. The van der Waals surface area contributed by atoms with E-state index in [0.717, 1.165) is 39.2 Å². The predicted octanol–water partition coefficient (Wildman–Crippen LogP) is 2.48. The largest absolute Gasteiger partial charge is 0.358 e. The molecule has 138 valence electrons. The van der Waals surface area contributed by atoms with E-state index in [0.29, 0.717) is 12.0 Å². The van der Waals surface area contributed by atoms with Gasteiger partial charge in [0.15, 0.2) is 5.78 Å². The summed E-state index contributed by atoms with van der Waals surface area (Å²) in [7, 11) is 0. The van der Waals surface area contributed by atoms with E-state index in [1.165, 1.54) is 0 Å². The number of carbonyl (C=O) groups excluding carboxylic acids is 1. The molecule has 3 aliphatic rings. The molecule has 28 heavy (non-hydrogen) atoms. The van der Waals surface area contributed by atoms with Crippen LogP contribution in [-0.4, -0.2) is 32.7 Å². The molecule has 0 saturated heterocycles. The summed E-state index contributed by atoms with van der Waals surface area (Å²) in [5, 5.41) is 1.99. The van der Waals surface area contributed by atoms with Crippen LogP contribution in [0.5, 0.6) is 0 Å². The zero-order valence-corrected chi connectivity index (χ0v) is 15.8. The lowest BCUT2D eigenvalue weighted by atomic mass is 9.97. The number of aliphatic imine (C=N–C) groups is 2. The number of allylic oxidation sites excluding steroid dienone is 3. The van der Waals surface area contributed by atoms with Crippen molar-refractivity contribution in [2.75, 3.05) is 0 Å². The number of rotatable bonds is 1. The van der Waals surface area contributed by atoms with E-state index < -0.39 is 0 Å². The van der Waals surface area contributed by atoms with Crippen molar-refractivity contribution in [1.82, 2.24) is 9.97 Å². The minimum atomic E-state index is -0.341. The van der Waals surface area contributed by atoms with Crippen molar-refractivity contribution < 1.29 is 4.79 Å². The lowest BCUT2D eigenvalue weighted by Gasteiger charge is -2.17. The summed E-state index contributed by atoms with van der Waals surface area (Å²) in [5.41, 5.74) is 4.74. The number of ketones is 1. The molecule has 2 aromatic rings. The molecule has 0 aliphatic carbocycles. The van der Waals surface area contributed by atoms with Gasteiger partial charge >= 0.3 is 0 Å². The quantitative estimate of drug-likeness (QED) is 0.746. The Labute approximate surface area is 162 Å². The normalized spacial score (nSPS) is 22.3. The molecule has 2 aromatic heterocycles. The lowest BCUT2D eigenvalue weighted by molar-refractivity contribution is 0.101. The molecule has 5 heteroatoms. The van der Waals surface area contributed by atoms with Gasteiger partial charge < -0.3 is 9.97 Å². The molecule has 1 unspecified atom stereocenters. The molecule has 8 bridgehead atoms. The molecular weight excluding hydrogens is 348 g/mol. The van der Waals surface area contributed by atoms with Crippen molar-refractivity contribution in [2.24, 2.45) is 9.98 Å². The van der Waals surface area contributed by atoms with E-state index in [2.05, 4.69) is 34.0 Å². The van der Waals surface area contributed by atoms with Crippen LogP contribution in [0.3, 0.4) is 0 Å². The fraction of sp³-hybridized carbons (Fsp3) is 0.174. The van der Waals surface area contributed by atoms with Gasteiger partial charge in [-0.1, -0.05) is 6.08 Å². The topological polar surface area (TPSA) is 73.4 Å². The average molecular weight is 368 g/mol. The highest BCUT2D eigenvalue weighted by atomic mass is 16.1. The molecular formula is C23H20N4O. The first kappa shape index (κ1) is 16.7. The molecule has 5 rings (SSSR count). The summed E-state index contributed by atoms with van der Waals surface area (Å²) >= 11 is 0. The Morgan fingerprint density at radius 3 is 2.61 bits per heavy atom. The van der Waals surface area contributed by atoms with Gasteiger partial charge in [-0.3, -0.25) is 9.79 Å². The van der Waals surface area contributed by atoms with E-state index in [1.807, 2.05) is 48.6 Å². The van der Waals surface area contributed by atoms with Crippen molar-refractivity contribution in [1.29, 1.82) is 0 Å². The standard InChI is InChI=1S/C23H20N4O/c1-14(28)21-11-20-13-23(2)8-7-19(27-23)10-17-4-3-15(24-17)9-16-5-6-18(25-16)12-22(21)26-20/h3-12,24,26H,13H2,1-2H3. The summed E-state index contributed by atoms with van der Waals surface area (Å²) in [6.45, 7) is 3.69. The Morgan fingerprint density at radius 1 is 1.04 bits per heavy atom. The molecule has 0 spiro atoms. The number of nitrogens with zero attached hydrogens (tertiary/aromatic N) is 2. The van der Waals surface area contributed by atoms with Crippen LogP contribution in [-0.2, 0) is 6.42 Å². The molecule has 2 N–H and O–H groups in total. The monoisotopic (exact) mass is 368 g/mol. The van der Waals surface area contributed by atoms with Crippen LogP contribution in [0.1, 0.15) is 35.6 Å². The fourth-order valence-corrected chi connectivity index (χ4v) is 3.85. The van der Waals surface area contributed by atoms with Gasteiger partial charge in [0, 0.05) is 28.4 Å². The third-order valence-electron chi connectivity index (χ3n) is 5.14. The van der Waals surface area contributed by atoms with E-state index in [9.17, 15) is 4.79 Å². The van der Waals surface area contributed by atoms with Gasteiger partial charge in [-0.05, 0) is 68.5 Å². The highest BCUT2D eigenvalue weighted by Gasteiger charge is 2.26. The maximum atomic E-state index is 12.2. The van der Waals surface area contributed by atoms with Crippen molar-refractivity contribution in [2.45, 2.75) is 25.8 Å². The Kier molecular flexibility index (Phi) is 3.59. The summed E-state index contributed by atoms with van der Waals surface area (Å²) < 4.78 is 0.